The zero-order valence-electron chi connectivity index (χ0n) is 7.12. The van der Waals surface area contributed by atoms with Gasteiger partial charge in [0.05, 0.1) is 12.2 Å². The van der Waals surface area contributed by atoms with E-state index in [2.05, 4.69) is 0 Å². The molecule has 0 saturated heterocycles. The van der Waals surface area contributed by atoms with Gasteiger partial charge in [0.25, 0.3) is 0 Å². The van der Waals surface area contributed by atoms with Crippen molar-refractivity contribution in [2.45, 2.75) is 6.92 Å². The van der Waals surface area contributed by atoms with Gasteiger partial charge in [-0.3, -0.25) is 0 Å². The molecule has 0 aliphatic carbocycles. The second-order valence-electron chi connectivity index (χ2n) is 2.09. The van der Waals surface area contributed by atoms with Crippen molar-refractivity contribution in [3.63, 3.8) is 0 Å². The van der Waals surface area contributed by atoms with Crippen LogP contribution in [0.4, 0.5) is 0 Å². The fourth-order valence-electron chi connectivity index (χ4n) is 0.789. The van der Waals surface area contributed by atoms with Crippen LogP contribution in [0.1, 0.15) is 17.3 Å². The molecule has 0 radical (unpaired) electrons. The molecule has 1 rings (SSSR count). The van der Waals surface area contributed by atoms with Crippen LogP contribution >= 0.6 is 0 Å². The third-order valence-corrected chi connectivity index (χ3v) is 1.28. The predicted octanol–water partition coefficient (Wildman–Crippen LogP) is 1.86. The zero-order chi connectivity index (χ0) is 8.10. The molecule has 0 N–H and O–H groups in total. The van der Waals surface area contributed by atoms with Crippen molar-refractivity contribution in [2.75, 3.05) is 6.61 Å². The van der Waals surface area contributed by atoms with Gasteiger partial charge in [-0.2, -0.15) is 0 Å². The van der Waals surface area contributed by atoms with Gasteiger partial charge in [-0.25, -0.2) is 4.79 Å². The molecular weight excluding hydrogens is 205 g/mol. The van der Waals surface area contributed by atoms with E-state index in [4.69, 9.17) is 4.74 Å². The first-order valence-electron chi connectivity index (χ1n) is 3.56. The summed E-state index contributed by atoms with van der Waals surface area (Å²) in [5, 5.41) is 0. The largest absolute Gasteiger partial charge is 0.462 e. The SMILES string of the molecule is CCOC(=O)c1ccccc1.[Zn]. The summed E-state index contributed by atoms with van der Waals surface area (Å²) in [5.74, 6) is -0.256. The van der Waals surface area contributed by atoms with E-state index in [1.54, 1.807) is 19.1 Å². The first-order valence-corrected chi connectivity index (χ1v) is 3.56. The standard InChI is InChI=1S/C9H10O2.Zn/c1-2-11-9(10)8-6-4-3-5-7-8;/h3-7H,2H2,1H3;. The van der Waals surface area contributed by atoms with E-state index in [9.17, 15) is 4.79 Å². The number of hydrogen-bond donors (Lipinski definition) is 0. The summed E-state index contributed by atoms with van der Waals surface area (Å²) < 4.78 is 4.79. The van der Waals surface area contributed by atoms with Gasteiger partial charge in [0.1, 0.15) is 0 Å². The average molecular weight is 216 g/mol. The van der Waals surface area contributed by atoms with Gasteiger partial charge in [0.2, 0.25) is 0 Å². The quantitative estimate of drug-likeness (QED) is 0.556. The molecule has 0 unspecified atom stereocenters. The van der Waals surface area contributed by atoms with Crippen molar-refractivity contribution < 1.29 is 29.0 Å². The van der Waals surface area contributed by atoms with Gasteiger partial charge < -0.3 is 4.74 Å². The summed E-state index contributed by atoms with van der Waals surface area (Å²) in [7, 11) is 0. The summed E-state index contributed by atoms with van der Waals surface area (Å²) in [4.78, 5) is 11.0. The van der Waals surface area contributed by atoms with E-state index < -0.39 is 0 Å². The van der Waals surface area contributed by atoms with Crippen LogP contribution in [-0.2, 0) is 24.2 Å². The normalized spacial score (nSPS) is 8.42. The van der Waals surface area contributed by atoms with Crippen LogP contribution in [0.15, 0.2) is 30.3 Å². The molecular formula is C9H10O2Zn. The van der Waals surface area contributed by atoms with Crippen LogP contribution in [-0.4, -0.2) is 12.6 Å². The molecule has 0 aliphatic heterocycles. The van der Waals surface area contributed by atoms with Crippen LogP contribution < -0.4 is 0 Å². The third-order valence-electron chi connectivity index (χ3n) is 1.28. The number of rotatable bonds is 2. The maximum atomic E-state index is 11.0. The molecule has 1 aromatic rings. The first-order chi connectivity index (χ1) is 5.34. The minimum Gasteiger partial charge on any atom is -0.462 e. The van der Waals surface area contributed by atoms with Crippen molar-refractivity contribution in [2.24, 2.45) is 0 Å². The molecule has 0 saturated carbocycles. The Morgan fingerprint density at radius 1 is 1.33 bits per heavy atom. The molecule has 2 nitrogen and oxygen atoms in total. The van der Waals surface area contributed by atoms with Crippen molar-refractivity contribution in [1.82, 2.24) is 0 Å². The molecule has 0 fully saturated rings. The van der Waals surface area contributed by atoms with E-state index in [1.807, 2.05) is 18.2 Å². The second-order valence-corrected chi connectivity index (χ2v) is 2.09. The first kappa shape index (κ1) is 11.3. The van der Waals surface area contributed by atoms with E-state index >= 15 is 0 Å². The molecule has 0 atom stereocenters. The van der Waals surface area contributed by atoms with E-state index in [0.717, 1.165) is 0 Å². The number of carbonyl (C=O) groups excluding carboxylic acids is 1. The number of esters is 1. The van der Waals surface area contributed by atoms with Gasteiger partial charge >= 0.3 is 5.97 Å². The van der Waals surface area contributed by atoms with Gasteiger partial charge in [0, 0.05) is 19.5 Å². The maximum absolute atomic E-state index is 11.0. The molecule has 0 amide bonds. The summed E-state index contributed by atoms with van der Waals surface area (Å²) in [6.07, 6.45) is 0. The van der Waals surface area contributed by atoms with E-state index in [0.29, 0.717) is 12.2 Å². The minimum atomic E-state index is -0.256. The Hall–Kier alpha value is -0.687. The summed E-state index contributed by atoms with van der Waals surface area (Å²) >= 11 is 0. The summed E-state index contributed by atoms with van der Waals surface area (Å²) in [6.45, 7) is 2.22. The average Bonchev–Trinajstić information content (AvgIpc) is 2.07. The van der Waals surface area contributed by atoms with Crippen LogP contribution in [0, 0.1) is 0 Å². The van der Waals surface area contributed by atoms with Crippen LogP contribution in [0.25, 0.3) is 0 Å². The molecule has 12 heavy (non-hydrogen) atoms. The van der Waals surface area contributed by atoms with Gasteiger partial charge in [-0.05, 0) is 19.1 Å². The van der Waals surface area contributed by atoms with Crippen LogP contribution in [0.3, 0.4) is 0 Å². The molecule has 0 bridgehead atoms. The maximum Gasteiger partial charge on any atom is 0.338 e. The van der Waals surface area contributed by atoms with Crippen molar-refractivity contribution in [3.05, 3.63) is 35.9 Å². The Labute approximate surface area is 84.7 Å². The number of carbonyl (C=O) groups is 1. The number of hydrogen-bond acceptors (Lipinski definition) is 2. The van der Waals surface area contributed by atoms with E-state index in [-0.39, 0.29) is 25.4 Å². The molecule has 0 spiro atoms. The smallest absolute Gasteiger partial charge is 0.338 e. The zero-order valence-corrected chi connectivity index (χ0v) is 10.1. The Kier molecular flexibility index (Phi) is 5.56. The second kappa shape index (κ2) is 5.90. The Morgan fingerprint density at radius 2 is 1.92 bits per heavy atom. The Morgan fingerprint density at radius 3 is 2.42 bits per heavy atom. The minimum absolute atomic E-state index is 0. The molecule has 0 aromatic heterocycles. The number of ether oxygens (including phenoxy) is 1. The van der Waals surface area contributed by atoms with Gasteiger partial charge in [-0.1, -0.05) is 18.2 Å². The molecule has 3 heteroatoms. The summed E-state index contributed by atoms with van der Waals surface area (Å²) in [6, 6.07) is 8.96. The topological polar surface area (TPSA) is 26.3 Å². The van der Waals surface area contributed by atoms with E-state index in [1.165, 1.54) is 0 Å². The molecule has 1 aromatic carbocycles. The van der Waals surface area contributed by atoms with Crippen LogP contribution in [0.5, 0.6) is 0 Å². The van der Waals surface area contributed by atoms with Gasteiger partial charge in [-0.15, -0.1) is 0 Å². The number of benzene rings is 1. The van der Waals surface area contributed by atoms with Crippen molar-refractivity contribution in [3.8, 4) is 0 Å². The Bertz CT molecular complexity index is 234. The van der Waals surface area contributed by atoms with Crippen LogP contribution in [0.2, 0.25) is 0 Å². The monoisotopic (exact) mass is 214 g/mol. The van der Waals surface area contributed by atoms with Gasteiger partial charge in [0.15, 0.2) is 0 Å². The summed E-state index contributed by atoms with van der Waals surface area (Å²) in [5.41, 5.74) is 0.606. The van der Waals surface area contributed by atoms with Crippen molar-refractivity contribution in [1.29, 1.82) is 0 Å². The fourth-order valence-corrected chi connectivity index (χ4v) is 0.789. The fraction of sp³-hybridized carbons (Fsp3) is 0.222. The molecule has 0 aliphatic rings. The van der Waals surface area contributed by atoms with Crippen molar-refractivity contribution >= 4 is 5.97 Å². The predicted molar refractivity (Wildman–Crippen MR) is 42.4 cm³/mol. The Balaban J connectivity index is 0.00000121. The molecule has 60 valence electrons. The molecule has 0 heterocycles. The third kappa shape index (κ3) is 3.14.